The number of urea groups is 1. The fourth-order valence-corrected chi connectivity index (χ4v) is 5.56. The molecule has 1 heterocycles. The summed E-state index contributed by atoms with van der Waals surface area (Å²) >= 11 is 2.07. The molecule has 0 spiro atoms. The molecule has 44 heavy (non-hydrogen) atoms. The number of ether oxygens (including phenoxy) is 2. The second kappa shape index (κ2) is 12.7. The van der Waals surface area contributed by atoms with Gasteiger partial charge in [-0.05, 0) is 101 Å². The van der Waals surface area contributed by atoms with Gasteiger partial charge in [0, 0.05) is 12.1 Å². The van der Waals surface area contributed by atoms with E-state index in [1.54, 1.807) is 86.6 Å². The molecule has 0 radical (unpaired) electrons. The summed E-state index contributed by atoms with van der Waals surface area (Å²) in [5.41, 5.74) is 3.12. The lowest BCUT2D eigenvalue weighted by molar-refractivity contribution is -0.384. The van der Waals surface area contributed by atoms with Gasteiger partial charge < -0.3 is 9.47 Å². The predicted molar refractivity (Wildman–Crippen MR) is 174 cm³/mol. The molecule has 1 aliphatic heterocycles. The normalized spacial score (nSPS) is 13.3. The van der Waals surface area contributed by atoms with E-state index in [9.17, 15) is 24.5 Å². The molecule has 0 unspecified atom stereocenters. The number of amides is 4. The molecule has 4 amide bonds. The number of barbiturate groups is 1. The number of nitro groups is 1. The van der Waals surface area contributed by atoms with Crippen molar-refractivity contribution in [3.63, 3.8) is 0 Å². The van der Waals surface area contributed by atoms with Crippen LogP contribution in [-0.2, 0) is 16.2 Å². The van der Waals surface area contributed by atoms with Gasteiger partial charge in [-0.3, -0.25) is 19.7 Å². The van der Waals surface area contributed by atoms with Crippen LogP contribution in [0.4, 0.5) is 21.9 Å². The Morgan fingerprint density at radius 3 is 1.89 bits per heavy atom. The molecule has 1 fully saturated rings. The van der Waals surface area contributed by atoms with Gasteiger partial charge in [-0.2, -0.15) is 0 Å². The molecule has 0 aromatic heterocycles. The van der Waals surface area contributed by atoms with Crippen LogP contribution in [0.3, 0.4) is 0 Å². The largest absolute Gasteiger partial charge is 0.493 e. The number of carbonyl (C=O) groups is 3. The lowest BCUT2D eigenvalue weighted by atomic mass is 10.0. The van der Waals surface area contributed by atoms with Crippen molar-refractivity contribution in [2.24, 2.45) is 0 Å². The van der Waals surface area contributed by atoms with Gasteiger partial charge in [0.25, 0.3) is 17.5 Å². The summed E-state index contributed by atoms with van der Waals surface area (Å²) in [4.78, 5) is 54.1. The molecule has 0 bridgehead atoms. The zero-order chi connectivity index (χ0) is 31.5. The second-order valence-corrected chi connectivity index (χ2v) is 11.1. The quantitative estimate of drug-likeness (QED) is 0.0639. The third kappa shape index (κ3) is 5.91. The fraction of sp³-hybridized carbons (Fsp3) is 0.121. The molecule has 4 aromatic rings. The minimum absolute atomic E-state index is 0.0196. The summed E-state index contributed by atoms with van der Waals surface area (Å²) in [5, 5.41) is 10.9. The van der Waals surface area contributed by atoms with E-state index < -0.39 is 22.8 Å². The van der Waals surface area contributed by atoms with Crippen LogP contribution in [0.5, 0.6) is 11.5 Å². The number of para-hydroxylation sites is 2. The maximum absolute atomic E-state index is 13.9. The average molecular weight is 703 g/mol. The Morgan fingerprint density at radius 2 is 1.39 bits per heavy atom. The Kier molecular flexibility index (Phi) is 8.76. The molecule has 0 atom stereocenters. The first-order valence-corrected chi connectivity index (χ1v) is 14.5. The first kappa shape index (κ1) is 30.4. The molecule has 1 saturated heterocycles. The van der Waals surface area contributed by atoms with Crippen molar-refractivity contribution in [2.45, 2.75) is 20.5 Å². The summed E-state index contributed by atoms with van der Waals surface area (Å²) in [6.45, 7) is 3.70. The maximum atomic E-state index is 13.9. The number of hydrogen-bond acceptors (Lipinski definition) is 7. The Hall–Kier alpha value is -5.04. The third-order valence-electron chi connectivity index (χ3n) is 7.06. The van der Waals surface area contributed by atoms with E-state index in [-0.39, 0.29) is 17.9 Å². The van der Waals surface area contributed by atoms with Gasteiger partial charge in [0.15, 0.2) is 11.5 Å². The zero-order valence-electron chi connectivity index (χ0n) is 23.9. The maximum Gasteiger partial charge on any atom is 0.343 e. The van der Waals surface area contributed by atoms with E-state index in [4.69, 9.17) is 9.47 Å². The van der Waals surface area contributed by atoms with Crippen LogP contribution >= 0.6 is 22.6 Å². The van der Waals surface area contributed by atoms with Crippen LogP contribution in [0.25, 0.3) is 6.08 Å². The summed E-state index contributed by atoms with van der Waals surface area (Å²) in [6, 6.07) is 22.6. The van der Waals surface area contributed by atoms with Crippen molar-refractivity contribution in [1.82, 2.24) is 0 Å². The topological polar surface area (TPSA) is 119 Å². The Bertz CT molecular complexity index is 1770. The highest BCUT2D eigenvalue weighted by molar-refractivity contribution is 14.1. The molecule has 0 saturated carbocycles. The number of hydrogen-bond donors (Lipinski definition) is 0. The average Bonchev–Trinajstić information content (AvgIpc) is 3.00. The number of nitrogens with zero attached hydrogens (tertiary/aromatic N) is 3. The van der Waals surface area contributed by atoms with Crippen molar-refractivity contribution in [2.75, 3.05) is 16.9 Å². The Labute approximate surface area is 266 Å². The van der Waals surface area contributed by atoms with Crippen molar-refractivity contribution < 1.29 is 28.8 Å². The fourth-order valence-electron chi connectivity index (χ4n) is 4.78. The highest BCUT2D eigenvalue weighted by Gasteiger charge is 2.44. The first-order valence-electron chi connectivity index (χ1n) is 13.4. The van der Waals surface area contributed by atoms with E-state index in [0.29, 0.717) is 43.1 Å². The van der Waals surface area contributed by atoms with Gasteiger partial charge in [-0.1, -0.05) is 36.4 Å². The number of aryl methyl sites for hydroxylation is 2. The third-order valence-corrected chi connectivity index (χ3v) is 7.86. The number of nitro benzene ring substituents is 1. The highest BCUT2D eigenvalue weighted by Crippen LogP contribution is 2.37. The number of methoxy groups -OCH3 is 1. The smallest absolute Gasteiger partial charge is 0.343 e. The van der Waals surface area contributed by atoms with Crippen LogP contribution in [-0.4, -0.2) is 29.9 Å². The second-order valence-electron chi connectivity index (χ2n) is 9.94. The van der Waals surface area contributed by atoms with Crippen LogP contribution in [0.1, 0.15) is 22.3 Å². The zero-order valence-corrected chi connectivity index (χ0v) is 26.1. The molecule has 222 valence electrons. The van der Waals surface area contributed by atoms with Gasteiger partial charge in [0.2, 0.25) is 0 Å². The van der Waals surface area contributed by atoms with Crippen molar-refractivity contribution in [3.8, 4) is 11.5 Å². The van der Waals surface area contributed by atoms with Gasteiger partial charge in [0.1, 0.15) is 12.2 Å². The molecule has 11 heteroatoms. The molecular weight excluding hydrogens is 677 g/mol. The van der Waals surface area contributed by atoms with Crippen LogP contribution in [0.2, 0.25) is 0 Å². The van der Waals surface area contributed by atoms with Crippen LogP contribution in [0.15, 0.2) is 90.5 Å². The Morgan fingerprint density at radius 1 is 0.841 bits per heavy atom. The molecule has 5 rings (SSSR count). The SMILES string of the molecule is COc1cc(C=C2C(=O)N(c3ccccc3C)C(=O)N(c3ccccc3C)C2=O)cc(I)c1OCc1ccc([N+](=O)[O-])cc1. The van der Waals surface area contributed by atoms with E-state index in [0.717, 1.165) is 15.4 Å². The van der Waals surface area contributed by atoms with Crippen LogP contribution in [0, 0.1) is 27.5 Å². The lowest BCUT2D eigenvalue weighted by Gasteiger charge is -2.35. The summed E-state index contributed by atoms with van der Waals surface area (Å²) in [5.74, 6) is -0.713. The number of imide groups is 2. The van der Waals surface area contributed by atoms with Crippen molar-refractivity contribution >= 4 is 63.6 Å². The standard InChI is InChI=1S/C33H26IN3O7/c1-20-8-4-6-10-27(20)35-31(38)25(32(39)36(33(35)40)28-11-7-5-9-21(28)2)16-23-17-26(34)30(29(18-23)43-3)44-19-22-12-14-24(15-13-22)37(41)42/h4-18H,19H2,1-3H3. The number of rotatable bonds is 8. The van der Waals surface area contributed by atoms with E-state index >= 15 is 0 Å². The first-order chi connectivity index (χ1) is 21.1. The number of carbonyl (C=O) groups excluding carboxylic acids is 3. The summed E-state index contributed by atoms with van der Waals surface area (Å²) in [7, 11) is 1.47. The number of halogens is 1. The van der Waals surface area contributed by atoms with E-state index in [1.807, 2.05) is 0 Å². The molecule has 10 nitrogen and oxygen atoms in total. The highest BCUT2D eigenvalue weighted by atomic mass is 127. The molecule has 0 aliphatic carbocycles. The van der Waals surface area contributed by atoms with E-state index in [2.05, 4.69) is 22.6 Å². The number of anilines is 2. The number of benzene rings is 4. The molecule has 0 N–H and O–H groups in total. The van der Waals surface area contributed by atoms with Gasteiger partial charge in [0.05, 0.1) is 27.0 Å². The summed E-state index contributed by atoms with van der Waals surface area (Å²) in [6.07, 6.45) is 1.44. The molecule has 1 aliphatic rings. The van der Waals surface area contributed by atoms with Gasteiger partial charge >= 0.3 is 6.03 Å². The van der Waals surface area contributed by atoms with Crippen molar-refractivity contribution in [3.05, 3.63) is 126 Å². The van der Waals surface area contributed by atoms with Crippen molar-refractivity contribution in [1.29, 1.82) is 0 Å². The van der Waals surface area contributed by atoms with Gasteiger partial charge in [-0.15, -0.1) is 0 Å². The monoisotopic (exact) mass is 703 g/mol. The molecule has 4 aromatic carbocycles. The van der Waals surface area contributed by atoms with Gasteiger partial charge in [-0.25, -0.2) is 14.6 Å². The summed E-state index contributed by atoms with van der Waals surface area (Å²) < 4.78 is 12.2. The molecular formula is C33H26IN3O7. The predicted octanol–water partition coefficient (Wildman–Crippen LogP) is 6.99. The Balaban J connectivity index is 1.54. The lowest BCUT2D eigenvalue weighted by Crippen LogP contribution is -2.57. The minimum Gasteiger partial charge on any atom is -0.493 e. The van der Waals surface area contributed by atoms with E-state index in [1.165, 1.54) is 25.3 Å². The number of non-ortho nitro benzene ring substituents is 1. The van der Waals surface area contributed by atoms with Crippen LogP contribution < -0.4 is 19.3 Å². The minimum atomic E-state index is -0.761.